The van der Waals surface area contributed by atoms with Crippen LogP contribution in [0.5, 0.6) is 5.75 Å². The lowest BCUT2D eigenvalue weighted by molar-refractivity contribution is 0.261. The molecule has 0 aliphatic carbocycles. The second-order valence-corrected chi connectivity index (χ2v) is 4.97. The summed E-state index contributed by atoms with van der Waals surface area (Å²) in [5.74, 6) is 0.745. The van der Waals surface area contributed by atoms with Crippen molar-refractivity contribution in [3.8, 4) is 5.75 Å². The zero-order valence-corrected chi connectivity index (χ0v) is 11.3. The Morgan fingerprint density at radius 3 is 2.63 bits per heavy atom. The van der Waals surface area contributed by atoms with Crippen molar-refractivity contribution in [3.63, 3.8) is 0 Å². The minimum Gasteiger partial charge on any atom is -0.490 e. The van der Waals surface area contributed by atoms with Crippen molar-refractivity contribution in [2.45, 2.75) is 26.9 Å². The van der Waals surface area contributed by atoms with E-state index in [9.17, 15) is 4.79 Å². The first-order valence-corrected chi connectivity index (χ1v) is 6.36. The lowest BCUT2D eigenvalue weighted by Crippen LogP contribution is -2.08. The van der Waals surface area contributed by atoms with Crippen LogP contribution in [0.2, 0.25) is 0 Å². The Morgan fingerprint density at radius 1 is 1.21 bits per heavy atom. The molecule has 1 aromatic carbocycles. The molecule has 4 nitrogen and oxygen atoms in total. The first kappa shape index (κ1) is 12.2. The quantitative estimate of drug-likeness (QED) is 0.628. The molecule has 0 N–H and O–H groups in total. The van der Waals surface area contributed by atoms with Gasteiger partial charge in [-0.05, 0) is 38.5 Å². The van der Waals surface area contributed by atoms with Crippen molar-refractivity contribution >= 4 is 11.0 Å². The number of hydrogen-bond donors (Lipinski definition) is 0. The highest BCUT2D eigenvalue weighted by atomic mass is 16.6. The van der Waals surface area contributed by atoms with Gasteiger partial charge >= 0.3 is 5.63 Å². The number of rotatable bonds is 3. The number of hydrogen-bond acceptors (Lipinski definition) is 4. The molecule has 0 saturated carbocycles. The summed E-state index contributed by atoms with van der Waals surface area (Å²) in [7, 11) is 0. The van der Waals surface area contributed by atoms with E-state index in [-0.39, 0.29) is 11.7 Å². The van der Waals surface area contributed by atoms with Crippen molar-refractivity contribution in [1.82, 2.24) is 0 Å². The third-order valence-electron chi connectivity index (χ3n) is 3.65. The van der Waals surface area contributed by atoms with Crippen LogP contribution in [0.3, 0.4) is 0 Å². The van der Waals surface area contributed by atoms with Gasteiger partial charge in [-0.2, -0.15) is 0 Å². The minimum atomic E-state index is -0.282. The Labute approximate surface area is 110 Å². The zero-order valence-electron chi connectivity index (χ0n) is 11.3. The monoisotopic (exact) mass is 260 g/mol. The van der Waals surface area contributed by atoms with Gasteiger partial charge in [0.15, 0.2) is 0 Å². The van der Waals surface area contributed by atoms with Crippen LogP contribution in [0, 0.1) is 20.8 Å². The summed E-state index contributed by atoms with van der Waals surface area (Å²) in [6, 6.07) is 3.86. The molecule has 1 saturated heterocycles. The third kappa shape index (κ3) is 2.12. The van der Waals surface area contributed by atoms with Crippen LogP contribution in [-0.2, 0) is 4.74 Å². The summed E-state index contributed by atoms with van der Waals surface area (Å²) in [5, 5.41) is 0.963. The molecule has 1 aliphatic rings. The van der Waals surface area contributed by atoms with Crippen LogP contribution < -0.4 is 10.4 Å². The molecular formula is C15H16O4. The Kier molecular flexibility index (Phi) is 2.82. The molecule has 0 spiro atoms. The number of fused-ring (bicyclic) bond motifs is 1. The summed E-state index contributed by atoms with van der Waals surface area (Å²) in [5.41, 5.74) is 2.81. The van der Waals surface area contributed by atoms with Crippen molar-refractivity contribution in [2.75, 3.05) is 13.2 Å². The summed E-state index contributed by atoms with van der Waals surface area (Å²) < 4.78 is 16.2. The third-order valence-corrected chi connectivity index (χ3v) is 3.65. The maximum absolute atomic E-state index is 11.8. The van der Waals surface area contributed by atoms with Gasteiger partial charge in [0.2, 0.25) is 0 Å². The minimum absolute atomic E-state index is 0.210. The van der Waals surface area contributed by atoms with E-state index in [0.29, 0.717) is 17.8 Å². The molecule has 1 fully saturated rings. The van der Waals surface area contributed by atoms with E-state index >= 15 is 0 Å². The van der Waals surface area contributed by atoms with Crippen LogP contribution in [-0.4, -0.2) is 19.3 Å². The van der Waals surface area contributed by atoms with Gasteiger partial charge in [0.1, 0.15) is 24.0 Å². The Hall–Kier alpha value is -1.81. The molecule has 0 radical (unpaired) electrons. The molecule has 2 aromatic rings. The van der Waals surface area contributed by atoms with Crippen LogP contribution in [0.1, 0.15) is 16.7 Å². The Balaban J connectivity index is 2.10. The fourth-order valence-electron chi connectivity index (χ4n) is 2.13. The highest BCUT2D eigenvalue weighted by Gasteiger charge is 2.23. The molecule has 0 amide bonds. The van der Waals surface area contributed by atoms with E-state index in [1.165, 1.54) is 0 Å². The van der Waals surface area contributed by atoms with Crippen molar-refractivity contribution in [3.05, 3.63) is 39.2 Å². The maximum Gasteiger partial charge on any atom is 0.339 e. The fourth-order valence-corrected chi connectivity index (χ4v) is 2.13. The SMILES string of the molecule is Cc1c(C)c2ccc(OC[C@H]3CO3)c(C)c2oc1=O. The highest BCUT2D eigenvalue weighted by molar-refractivity contribution is 5.85. The Bertz CT molecular complexity index is 695. The van der Waals surface area contributed by atoms with E-state index in [1.54, 1.807) is 6.92 Å². The molecule has 2 heterocycles. The van der Waals surface area contributed by atoms with Gasteiger partial charge in [-0.15, -0.1) is 0 Å². The lowest BCUT2D eigenvalue weighted by Gasteiger charge is -2.11. The molecule has 1 aromatic heterocycles. The van der Waals surface area contributed by atoms with E-state index in [4.69, 9.17) is 13.9 Å². The molecule has 0 bridgehead atoms. The maximum atomic E-state index is 11.8. The average molecular weight is 260 g/mol. The van der Waals surface area contributed by atoms with Crippen LogP contribution in [0.15, 0.2) is 21.3 Å². The zero-order chi connectivity index (χ0) is 13.6. The summed E-state index contributed by atoms with van der Waals surface area (Å²) in [6.07, 6.45) is 0.210. The summed E-state index contributed by atoms with van der Waals surface area (Å²) >= 11 is 0. The second-order valence-electron chi connectivity index (χ2n) is 4.97. The van der Waals surface area contributed by atoms with Gasteiger partial charge in [-0.3, -0.25) is 0 Å². The summed E-state index contributed by atoms with van der Waals surface area (Å²) in [4.78, 5) is 11.8. The van der Waals surface area contributed by atoms with Gasteiger partial charge in [-0.1, -0.05) is 0 Å². The van der Waals surface area contributed by atoms with Gasteiger partial charge in [0.05, 0.1) is 6.61 Å². The molecule has 100 valence electrons. The number of epoxide rings is 1. The summed E-state index contributed by atoms with van der Waals surface area (Å²) in [6.45, 7) is 6.93. The first-order chi connectivity index (χ1) is 9.08. The molecule has 1 atom stereocenters. The van der Waals surface area contributed by atoms with Crippen LogP contribution in [0.4, 0.5) is 0 Å². The fraction of sp³-hybridized carbons (Fsp3) is 0.400. The van der Waals surface area contributed by atoms with Crippen LogP contribution in [0.25, 0.3) is 11.0 Å². The number of benzene rings is 1. The smallest absolute Gasteiger partial charge is 0.339 e. The van der Waals surface area contributed by atoms with Gasteiger partial charge in [0, 0.05) is 16.5 Å². The normalized spacial score (nSPS) is 17.7. The van der Waals surface area contributed by atoms with E-state index in [0.717, 1.165) is 28.9 Å². The standard InChI is InChI=1S/C15H16O4/c1-8-9(2)15(16)19-14-10(3)13(5-4-12(8)14)18-7-11-6-17-11/h4-5,11H,6-7H2,1-3H3/t11-/m1/s1. The van der Waals surface area contributed by atoms with Gasteiger partial charge in [-0.25, -0.2) is 4.79 Å². The van der Waals surface area contributed by atoms with E-state index in [1.807, 2.05) is 26.0 Å². The molecule has 1 aliphatic heterocycles. The van der Waals surface area contributed by atoms with E-state index < -0.39 is 0 Å². The second kappa shape index (κ2) is 4.38. The molecule has 3 rings (SSSR count). The van der Waals surface area contributed by atoms with Crippen LogP contribution >= 0.6 is 0 Å². The molecule has 4 heteroatoms. The molecule has 19 heavy (non-hydrogen) atoms. The van der Waals surface area contributed by atoms with Crippen molar-refractivity contribution in [1.29, 1.82) is 0 Å². The van der Waals surface area contributed by atoms with Gasteiger partial charge in [0.25, 0.3) is 0 Å². The predicted octanol–water partition coefficient (Wildman–Crippen LogP) is 2.50. The molecule has 0 unspecified atom stereocenters. The van der Waals surface area contributed by atoms with Crippen molar-refractivity contribution in [2.24, 2.45) is 0 Å². The topological polar surface area (TPSA) is 52.0 Å². The largest absolute Gasteiger partial charge is 0.490 e. The highest BCUT2D eigenvalue weighted by Crippen LogP contribution is 2.29. The number of aryl methyl sites for hydroxylation is 2. The Morgan fingerprint density at radius 2 is 1.95 bits per heavy atom. The van der Waals surface area contributed by atoms with E-state index in [2.05, 4.69) is 0 Å². The molecular weight excluding hydrogens is 244 g/mol. The first-order valence-electron chi connectivity index (χ1n) is 6.36. The van der Waals surface area contributed by atoms with Gasteiger partial charge < -0.3 is 13.9 Å². The predicted molar refractivity (Wildman–Crippen MR) is 71.9 cm³/mol. The number of ether oxygens (including phenoxy) is 2. The lowest BCUT2D eigenvalue weighted by atomic mass is 10.0. The average Bonchev–Trinajstić information content (AvgIpc) is 3.20. The van der Waals surface area contributed by atoms with Crippen molar-refractivity contribution < 1.29 is 13.9 Å².